The predicted octanol–water partition coefficient (Wildman–Crippen LogP) is 7.54. The van der Waals surface area contributed by atoms with Gasteiger partial charge in [-0.3, -0.25) is 9.59 Å². The summed E-state index contributed by atoms with van der Waals surface area (Å²) in [6, 6.07) is 21.3. The fourth-order valence-electron chi connectivity index (χ4n) is 5.25. The van der Waals surface area contributed by atoms with Gasteiger partial charge in [-0.2, -0.15) is 0 Å². The van der Waals surface area contributed by atoms with E-state index >= 15 is 0 Å². The van der Waals surface area contributed by atoms with E-state index in [1.165, 1.54) is 16.7 Å². The lowest BCUT2D eigenvalue weighted by Crippen LogP contribution is -2.52. The molecule has 0 aromatic heterocycles. The van der Waals surface area contributed by atoms with Crippen LogP contribution in [0.3, 0.4) is 0 Å². The number of halogens is 2. The first kappa shape index (κ1) is 29.5. The van der Waals surface area contributed by atoms with Crippen molar-refractivity contribution in [1.82, 2.24) is 10.2 Å². The molecule has 0 unspecified atom stereocenters. The van der Waals surface area contributed by atoms with E-state index in [4.69, 9.17) is 23.2 Å². The number of thioether (sulfide) groups is 1. The molecule has 0 saturated heterocycles. The van der Waals surface area contributed by atoms with Crippen LogP contribution in [0.1, 0.15) is 53.5 Å². The van der Waals surface area contributed by atoms with Crippen molar-refractivity contribution >= 4 is 46.8 Å². The van der Waals surface area contributed by atoms with E-state index in [1.54, 1.807) is 28.8 Å². The fourth-order valence-corrected chi connectivity index (χ4v) is 6.41. The van der Waals surface area contributed by atoms with Crippen molar-refractivity contribution in [2.24, 2.45) is 0 Å². The number of benzene rings is 3. The summed E-state index contributed by atoms with van der Waals surface area (Å²) < 4.78 is 0. The van der Waals surface area contributed by atoms with Gasteiger partial charge in [-0.1, -0.05) is 102 Å². The van der Waals surface area contributed by atoms with Gasteiger partial charge in [-0.15, -0.1) is 11.8 Å². The summed E-state index contributed by atoms with van der Waals surface area (Å²) in [7, 11) is 0. The molecule has 1 N–H and O–H groups in total. The average Bonchev–Trinajstić information content (AvgIpc) is 3.41. The normalized spacial score (nSPS) is 14.3. The summed E-state index contributed by atoms with van der Waals surface area (Å²) in [5.41, 5.74) is 5.47. The van der Waals surface area contributed by atoms with Crippen molar-refractivity contribution in [3.8, 4) is 0 Å². The molecular formula is C32H36Cl2N2O2S. The largest absolute Gasteiger partial charge is 0.352 e. The van der Waals surface area contributed by atoms with Crippen LogP contribution in [-0.2, 0) is 28.3 Å². The van der Waals surface area contributed by atoms with Crippen molar-refractivity contribution < 1.29 is 9.59 Å². The maximum absolute atomic E-state index is 13.9. The van der Waals surface area contributed by atoms with E-state index in [9.17, 15) is 9.59 Å². The number of hydrogen-bond donors (Lipinski definition) is 1. The van der Waals surface area contributed by atoms with Crippen molar-refractivity contribution in [2.75, 3.05) is 5.75 Å². The second kappa shape index (κ2) is 14.2. The Morgan fingerprint density at radius 1 is 0.897 bits per heavy atom. The van der Waals surface area contributed by atoms with Gasteiger partial charge >= 0.3 is 0 Å². The first-order chi connectivity index (χ1) is 18.8. The lowest BCUT2D eigenvalue weighted by Gasteiger charge is -2.32. The van der Waals surface area contributed by atoms with Crippen LogP contribution in [0.5, 0.6) is 0 Å². The molecule has 39 heavy (non-hydrogen) atoms. The minimum atomic E-state index is -0.642. The second-order valence-corrected chi connectivity index (χ2v) is 12.3. The van der Waals surface area contributed by atoms with Gasteiger partial charge in [0.15, 0.2) is 0 Å². The van der Waals surface area contributed by atoms with E-state index in [0.29, 0.717) is 16.5 Å². The molecule has 0 spiro atoms. The molecule has 0 aliphatic heterocycles. The monoisotopic (exact) mass is 582 g/mol. The molecular weight excluding hydrogens is 547 g/mol. The summed E-state index contributed by atoms with van der Waals surface area (Å²) in [5.74, 6) is 0.833. The average molecular weight is 584 g/mol. The van der Waals surface area contributed by atoms with E-state index in [2.05, 4.69) is 37.4 Å². The molecule has 4 nitrogen and oxygen atoms in total. The van der Waals surface area contributed by atoms with Gasteiger partial charge < -0.3 is 10.2 Å². The zero-order valence-corrected chi connectivity index (χ0v) is 24.9. The Kier molecular flexibility index (Phi) is 10.8. The van der Waals surface area contributed by atoms with E-state index in [0.717, 1.165) is 42.6 Å². The number of hydrogen-bond acceptors (Lipinski definition) is 3. The van der Waals surface area contributed by atoms with Gasteiger partial charge in [0.25, 0.3) is 0 Å². The number of carbonyl (C=O) groups is 2. The van der Waals surface area contributed by atoms with Gasteiger partial charge in [0.2, 0.25) is 11.8 Å². The molecule has 2 amide bonds. The summed E-state index contributed by atoms with van der Waals surface area (Å²) in [6.07, 6.45) is 4.64. The highest BCUT2D eigenvalue weighted by atomic mass is 35.5. The van der Waals surface area contributed by atoms with E-state index in [-0.39, 0.29) is 30.2 Å². The third-order valence-corrected chi connectivity index (χ3v) is 8.81. The molecule has 7 heteroatoms. The van der Waals surface area contributed by atoms with Crippen LogP contribution in [0.15, 0.2) is 66.7 Å². The number of amides is 2. The van der Waals surface area contributed by atoms with Gasteiger partial charge in [0.05, 0.1) is 15.8 Å². The summed E-state index contributed by atoms with van der Waals surface area (Å²) in [4.78, 5) is 29.4. The number of aryl methyl sites for hydroxylation is 2. The van der Waals surface area contributed by atoms with Crippen molar-refractivity contribution in [2.45, 2.75) is 70.3 Å². The maximum atomic E-state index is 13.9. The Morgan fingerprint density at radius 2 is 1.59 bits per heavy atom. The summed E-state index contributed by atoms with van der Waals surface area (Å²) in [6.45, 7) is 4.44. The maximum Gasteiger partial charge on any atom is 0.243 e. The Balaban J connectivity index is 1.58. The molecule has 3 aromatic carbocycles. The Hall–Kier alpha value is -2.47. The SMILES string of the molecule is Cc1cc(C)cc(CSCC(=O)N(Cc2ccc(Cl)c(Cl)c2)[C@@H](Cc2ccccc2)C(=O)NC2CCCC2)c1. The quantitative estimate of drug-likeness (QED) is 0.254. The molecule has 0 bridgehead atoms. The second-order valence-electron chi connectivity index (χ2n) is 10.5. The molecule has 1 fully saturated rings. The third-order valence-electron chi connectivity index (χ3n) is 7.09. The standard InChI is InChI=1S/C32H36Cl2N2O2S/c1-22-14-23(2)16-26(15-22)20-39-21-31(37)36(19-25-12-13-28(33)29(34)17-25)30(18-24-8-4-3-5-9-24)32(38)35-27-10-6-7-11-27/h3-5,8-9,12-17,27,30H,6-7,10-11,18-21H2,1-2H3,(H,35,38)/t30-/m0/s1. The van der Waals surface area contributed by atoms with Crippen LogP contribution in [0.25, 0.3) is 0 Å². The highest BCUT2D eigenvalue weighted by Gasteiger charge is 2.32. The van der Waals surface area contributed by atoms with E-state index in [1.807, 2.05) is 36.4 Å². The number of carbonyl (C=O) groups excluding carboxylic acids is 2. The first-order valence-corrected chi connectivity index (χ1v) is 15.4. The van der Waals surface area contributed by atoms with Crippen LogP contribution in [0.4, 0.5) is 0 Å². The zero-order chi connectivity index (χ0) is 27.8. The molecule has 206 valence electrons. The Bertz CT molecular complexity index is 1260. The zero-order valence-electron chi connectivity index (χ0n) is 22.6. The predicted molar refractivity (Wildman–Crippen MR) is 163 cm³/mol. The Labute approximate surface area is 246 Å². The van der Waals surface area contributed by atoms with Gasteiger partial charge in [-0.25, -0.2) is 0 Å². The van der Waals surface area contributed by atoms with E-state index < -0.39 is 6.04 Å². The number of rotatable bonds is 11. The van der Waals surface area contributed by atoms with Crippen molar-refractivity contribution in [3.05, 3.63) is 105 Å². The Morgan fingerprint density at radius 3 is 2.26 bits per heavy atom. The molecule has 1 saturated carbocycles. The summed E-state index contributed by atoms with van der Waals surface area (Å²) >= 11 is 14.1. The van der Waals surface area contributed by atoms with Crippen molar-refractivity contribution in [3.63, 3.8) is 0 Å². The highest BCUT2D eigenvalue weighted by Crippen LogP contribution is 2.26. The van der Waals surface area contributed by atoms with Crippen LogP contribution < -0.4 is 5.32 Å². The molecule has 1 aliphatic rings. The van der Waals surface area contributed by atoms with Crippen LogP contribution >= 0.6 is 35.0 Å². The molecule has 4 rings (SSSR count). The highest BCUT2D eigenvalue weighted by molar-refractivity contribution is 7.99. The number of nitrogens with zero attached hydrogens (tertiary/aromatic N) is 1. The topological polar surface area (TPSA) is 49.4 Å². The third kappa shape index (κ3) is 8.76. The lowest BCUT2D eigenvalue weighted by atomic mass is 10.0. The fraction of sp³-hybridized carbons (Fsp3) is 0.375. The molecule has 0 radical (unpaired) electrons. The smallest absolute Gasteiger partial charge is 0.243 e. The minimum Gasteiger partial charge on any atom is -0.352 e. The molecule has 1 aliphatic carbocycles. The molecule has 0 heterocycles. The van der Waals surface area contributed by atoms with Crippen LogP contribution in [-0.4, -0.2) is 34.6 Å². The molecule has 1 atom stereocenters. The van der Waals surface area contributed by atoms with Crippen LogP contribution in [0, 0.1) is 13.8 Å². The first-order valence-electron chi connectivity index (χ1n) is 13.5. The van der Waals surface area contributed by atoms with Gasteiger partial charge in [0, 0.05) is 24.8 Å². The van der Waals surface area contributed by atoms with Crippen molar-refractivity contribution in [1.29, 1.82) is 0 Å². The van der Waals surface area contributed by atoms with Gasteiger partial charge in [0.1, 0.15) is 6.04 Å². The van der Waals surface area contributed by atoms with Gasteiger partial charge in [-0.05, 0) is 55.5 Å². The number of nitrogens with one attached hydrogen (secondary N) is 1. The minimum absolute atomic E-state index is 0.0713. The van der Waals surface area contributed by atoms with Crippen LogP contribution in [0.2, 0.25) is 10.0 Å². The molecule has 3 aromatic rings. The lowest BCUT2D eigenvalue weighted by molar-refractivity contribution is -0.139. The summed E-state index contributed by atoms with van der Waals surface area (Å²) in [5, 5.41) is 4.14.